The Bertz CT molecular complexity index is 299. The summed E-state index contributed by atoms with van der Waals surface area (Å²) in [6.07, 6.45) is 5.29. The number of nitrogens with zero attached hydrogens (tertiary/aromatic N) is 1. The van der Waals surface area contributed by atoms with Crippen LogP contribution in [0.3, 0.4) is 0 Å². The Hall–Kier alpha value is -1.10. The first-order valence-electron chi connectivity index (χ1n) is 7.17. The summed E-state index contributed by atoms with van der Waals surface area (Å²) in [4.78, 5) is 24.1. The van der Waals surface area contributed by atoms with Gasteiger partial charge in [0.15, 0.2) is 0 Å². The van der Waals surface area contributed by atoms with Crippen molar-refractivity contribution in [2.24, 2.45) is 5.92 Å². The maximum absolute atomic E-state index is 11.8. The molecule has 1 saturated carbocycles. The van der Waals surface area contributed by atoms with Crippen molar-refractivity contribution in [3.8, 4) is 0 Å². The largest absolute Gasteiger partial charge is 0.481 e. The molecule has 0 aromatic rings. The quantitative estimate of drug-likeness (QED) is 0.735. The summed E-state index contributed by atoms with van der Waals surface area (Å²) in [5.41, 5.74) is 0. The molecule has 1 rings (SSSR count). The highest BCUT2D eigenvalue weighted by Gasteiger charge is 2.20. The number of carbonyl (C=O) groups is 2. The van der Waals surface area contributed by atoms with Crippen molar-refractivity contribution in [3.63, 3.8) is 0 Å². The zero-order valence-corrected chi connectivity index (χ0v) is 12.0. The molecule has 5 nitrogen and oxygen atoms in total. The van der Waals surface area contributed by atoms with Gasteiger partial charge in [-0.15, -0.1) is 0 Å². The number of hydrogen-bond donors (Lipinski definition) is 2. The van der Waals surface area contributed by atoms with E-state index in [1.165, 1.54) is 12.8 Å². The smallest absolute Gasteiger partial charge is 0.303 e. The van der Waals surface area contributed by atoms with Gasteiger partial charge < -0.3 is 10.4 Å². The maximum atomic E-state index is 11.8. The van der Waals surface area contributed by atoms with Gasteiger partial charge in [-0.3, -0.25) is 14.5 Å². The Kier molecular flexibility index (Phi) is 6.84. The Balaban J connectivity index is 2.14. The van der Waals surface area contributed by atoms with Gasteiger partial charge in [-0.2, -0.15) is 0 Å². The number of carbonyl (C=O) groups excluding carboxylic acids is 1. The minimum atomic E-state index is -0.783. The van der Waals surface area contributed by atoms with Crippen molar-refractivity contribution < 1.29 is 14.7 Å². The molecule has 0 aromatic carbocycles. The van der Waals surface area contributed by atoms with E-state index in [4.69, 9.17) is 5.11 Å². The van der Waals surface area contributed by atoms with Crippen molar-refractivity contribution in [1.82, 2.24) is 10.2 Å². The van der Waals surface area contributed by atoms with Crippen molar-refractivity contribution in [3.05, 3.63) is 0 Å². The molecule has 1 amide bonds. The second-order valence-electron chi connectivity index (χ2n) is 5.76. The second kappa shape index (κ2) is 8.15. The standard InChI is InChI=1S/C14H26N2O3/c1-11-5-7-12(8-6-11)15-13(17)10-16(2)9-3-4-14(18)19/h11-12H,3-10H2,1-2H3,(H,15,17)(H,18,19). The van der Waals surface area contributed by atoms with Crippen molar-refractivity contribution in [1.29, 1.82) is 0 Å². The first-order chi connectivity index (χ1) is 8.97. The van der Waals surface area contributed by atoms with Crippen LogP contribution in [-0.4, -0.2) is 48.1 Å². The summed E-state index contributed by atoms with van der Waals surface area (Å²) in [7, 11) is 1.85. The van der Waals surface area contributed by atoms with Crippen LogP contribution in [0.25, 0.3) is 0 Å². The SMILES string of the molecule is CC1CCC(NC(=O)CN(C)CCCC(=O)O)CC1. The van der Waals surface area contributed by atoms with Gasteiger partial charge in [0.25, 0.3) is 0 Å². The van der Waals surface area contributed by atoms with Gasteiger partial charge in [-0.1, -0.05) is 6.92 Å². The molecule has 0 heterocycles. The van der Waals surface area contributed by atoms with Gasteiger partial charge in [0.1, 0.15) is 0 Å². The molecule has 0 aliphatic heterocycles. The van der Waals surface area contributed by atoms with Crippen LogP contribution >= 0.6 is 0 Å². The highest BCUT2D eigenvalue weighted by atomic mass is 16.4. The van der Waals surface area contributed by atoms with Gasteiger partial charge in [0.2, 0.25) is 5.91 Å². The predicted octanol–water partition coefficient (Wildman–Crippen LogP) is 1.48. The number of carboxylic acids is 1. The fourth-order valence-electron chi connectivity index (χ4n) is 2.50. The fourth-order valence-corrected chi connectivity index (χ4v) is 2.50. The molecule has 0 saturated heterocycles. The van der Waals surface area contributed by atoms with Crippen LogP contribution in [0.1, 0.15) is 45.4 Å². The highest BCUT2D eigenvalue weighted by molar-refractivity contribution is 5.78. The number of hydrogen-bond acceptors (Lipinski definition) is 3. The molecule has 1 fully saturated rings. The summed E-state index contributed by atoms with van der Waals surface area (Å²) in [5, 5.41) is 11.6. The molecule has 19 heavy (non-hydrogen) atoms. The van der Waals surface area contributed by atoms with E-state index in [0.29, 0.717) is 25.6 Å². The minimum absolute atomic E-state index is 0.0531. The third kappa shape index (κ3) is 7.15. The lowest BCUT2D eigenvalue weighted by Crippen LogP contribution is -2.42. The zero-order chi connectivity index (χ0) is 14.3. The Morgan fingerprint density at radius 3 is 2.47 bits per heavy atom. The number of rotatable bonds is 7. The minimum Gasteiger partial charge on any atom is -0.481 e. The highest BCUT2D eigenvalue weighted by Crippen LogP contribution is 2.23. The maximum Gasteiger partial charge on any atom is 0.303 e. The molecule has 0 bridgehead atoms. The molecule has 0 atom stereocenters. The van der Waals surface area contributed by atoms with E-state index in [0.717, 1.165) is 18.8 Å². The molecule has 5 heteroatoms. The molecule has 1 aliphatic rings. The van der Waals surface area contributed by atoms with Crippen LogP contribution < -0.4 is 5.32 Å². The zero-order valence-electron chi connectivity index (χ0n) is 12.0. The molecular weight excluding hydrogens is 244 g/mol. The predicted molar refractivity (Wildman–Crippen MR) is 73.9 cm³/mol. The van der Waals surface area contributed by atoms with Crippen LogP contribution in [0.4, 0.5) is 0 Å². The number of likely N-dealkylation sites (N-methyl/N-ethyl adjacent to an activating group) is 1. The van der Waals surface area contributed by atoms with E-state index in [2.05, 4.69) is 12.2 Å². The van der Waals surface area contributed by atoms with Crippen molar-refractivity contribution in [2.45, 2.75) is 51.5 Å². The lowest BCUT2D eigenvalue weighted by atomic mass is 9.87. The number of carboxylic acid groups (broad SMARTS) is 1. The fraction of sp³-hybridized carbons (Fsp3) is 0.857. The van der Waals surface area contributed by atoms with E-state index in [-0.39, 0.29) is 12.3 Å². The van der Waals surface area contributed by atoms with E-state index >= 15 is 0 Å². The van der Waals surface area contributed by atoms with E-state index < -0.39 is 5.97 Å². The third-order valence-corrected chi connectivity index (χ3v) is 3.72. The Morgan fingerprint density at radius 2 is 1.89 bits per heavy atom. The molecule has 0 unspecified atom stereocenters. The first kappa shape index (κ1) is 16.0. The van der Waals surface area contributed by atoms with E-state index in [1.807, 2.05) is 11.9 Å². The summed E-state index contributed by atoms with van der Waals surface area (Å²) in [5.74, 6) is 0.0541. The second-order valence-corrected chi connectivity index (χ2v) is 5.76. The van der Waals surface area contributed by atoms with Crippen molar-refractivity contribution >= 4 is 11.9 Å². The summed E-state index contributed by atoms with van der Waals surface area (Å²) < 4.78 is 0. The summed E-state index contributed by atoms with van der Waals surface area (Å²) in [6.45, 7) is 3.25. The van der Waals surface area contributed by atoms with Gasteiger partial charge in [-0.05, 0) is 51.6 Å². The summed E-state index contributed by atoms with van der Waals surface area (Å²) in [6, 6.07) is 0.330. The molecule has 0 radical (unpaired) electrons. The van der Waals surface area contributed by atoms with Crippen LogP contribution in [0.2, 0.25) is 0 Å². The van der Waals surface area contributed by atoms with Crippen LogP contribution in [0, 0.1) is 5.92 Å². The monoisotopic (exact) mass is 270 g/mol. The average molecular weight is 270 g/mol. The third-order valence-electron chi connectivity index (χ3n) is 3.72. The number of aliphatic carboxylic acids is 1. The van der Waals surface area contributed by atoms with Gasteiger partial charge in [-0.25, -0.2) is 0 Å². The lowest BCUT2D eigenvalue weighted by Gasteiger charge is -2.27. The summed E-state index contributed by atoms with van der Waals surface area (Å²) >= 11 is 0. The molecule has 0 aromatic heterocycles. The molecule has 110 valence electrons. The molecular formula is C14H26N2O3. The average Bonchev–Trinajstić information content (AvgIpc) is 2.31. The number of nitrogens with one attached hydrogen (secondary N) is 1. The number of amides is 1. The topological polar surface area (TPSA) is 69.6 Å². The van der Waals surface area contributed by atoms with Crippen LogP contribution in [0.5, 0.6) is 0 Å². The van der Waals surface area contributed by atoms with E-state index in [9.17, 15) is 9.59 Å². The molecule has 1 aliphatic carbocycles. The molecule has 0 spiro atoms. The lowest BCUT2D eigenvalue weighted by molar-refractivity contribution is -0.137. The van der Waals surface area contributed by atoms with Crippen molar-refractivity contribution in [2.75, 3.05) is 20.1 Å². The normalized spacial score (nSPS) is 23.3. The Labute approximate surface area is 115 Å². The van der Waals surface area contributed by atoms with Crippen LogP contribution in [0.15, 0.2) is 0 Å². The van der Waals surface area contributed by atoms with Crippen LogP contribution in [-0.2, 0) is 9.59 Å². The Morgan fingerprint density at radius 1 is 1.26 bits per heavy atom. The van der Waals surface area contributed by atoms with Gasteiger partial charge in [0.05, 0.1) is 6.54 Å². The molecule has 2 N–H and O–H groups in total. The van der Waals surface area contributed by atoms with E-state index in [1.54, 1.807) is 0 Å². The first-order valence-corrected chi connectivity index (χ1v) is 7.17. The van der Waals surface area contributed by atoms with Gasteiger partial charge in [0, 0.05) is 12.5 Å². The van der Waals surface area contributed by atoms with Gasteiger partial charge >= 0.3 is 5.97 Å².